The molecule has 2 aliphatic rings. The van der Waals surface area contributed by atoms with Gasteiger partial charge in [-0.15, -0.1) is 0 Å². The van der Waals surface area contributed by atoms with Crippen LogP contribution in [-0.4, -0.2) is 95.9 Å². The van der Waals surface area contributed by atoms with Crippen LogP contribution in [0.25, 0.3) is 0 Å². The van der Waals surface area contributed by atoms with E-state index in [0.717, 1.165) is 39.1 Å². The van der Waals surface area contributed by atoms with Crippen molar-refractivity contribution in [1.29, 1.82) is 0 Å². The van der Waals surface area contributed by atoms with Gasteiger partial charge in [-0.1, -0.05) is 6.92 Å². The van der Waals surface area contributed by atoms with Crippen LogP contribution >= 0.6 is 0 Å². The van der Waals surface area contributed by atoms with E-state index in [2.05, 4.69) is 21.8 Å². The van der Waals surface area contributed by atoms with Crippen molar-refractivity contribution in [3.63, 3.8) is 0 Å². The second kappa shape index (κ2) is 7.57. The van der Waals surface area contributed by atoms with Crippen LogP contribution in [-0.2, 0) is 4.79 Å². The second-order valence-electron chi connectivity index (χ2n) is 6.13. The number of anilines is 1. The fourth-order valence-electron chi connectivity index (χ4n) is 3.07. The predicted octanol–water partition coefficient (Wildman–Crippen LogP) is -0.467. The summed E-state index contributed by atoms with van der Waals surface area (Å²) >= 11 is 0. The molecule has 24 heavy (non-hydrogen) atoms. The molecule has 3 rings (SSSR count). The molecule has 0 aliphatic carbocycles. The number of carbonyl (C=O) groups excluding carboxylic acids is 2. The molecule has 8 nitrogen and oxygen atoms in total. The summed E-state index contributed by atoms with van der Waals surface area (Å²) in [6, 6.07) is 0. The Hall–Kier alpha value is -2.22. The molecule has 0 radical (unpaired) electrons. The molecule has 0 saturated carbocycles. The first kappa shape index (κ1) is 16.6. The summed E-state index contributed by atoms with van der Waals surface area (Å²) < 4.78 is 0. The molecule has 0 spiro atoms. The van der Waals surface area contributed by atoms with Gasteiger partial charge >= 0.3 is 0 Å². The average Bonchev–Trinajstić information content (AvgIpc) is 2.68. The zero-order valence-electron chi connectivity index (χ0n) is 14.1. The number of carbonyl (C=O) groups is 2. The van der Waals surface area contributed by atoms with Gasteiger partial charge in [0.1, 0.15) is 0 Å². The second-order valence-corrected chi connectivity index (χ2v) is 6.13. The Bertz CT molecular complexity index is 562. The van der Waals surface area contributed by atoms with Crippen LogP contribution in [0.5, 0.6) is 0 Å². The maximum Gasteiger partial charge on any atom is 0.257 e. The van der Waals surface area contributed by atoms with Crippen LogP contribution in [0.15, 0.2) is 12.4 Å². The lowest BCUT2D eigenvalue weighted by atomic mass is 10.2. The van der Waals surface area contributed by atoms with Crippen molar-refractivity contribution in [1.82, 2.24) is 24.7 Å². The highest BCUT2D eigenvalue weighted by atomic mass is 16.2. The van der Waals surface area contributed by atoms with Crippen LogP contribution in [0, 0.1) is 0 Å². The highest BCUT2D eigenvalue weighted by molar-refractivity contribution is 5.93. The molecule has 1 aromatic rings. The van der Waals surface area contributed by atoms with E-state index in [1.165, 1.54) is 0 Å². The first-order chi connectivity index (χ1) is 11.7. The number of hydrogen-bond donors (Lipinski definition) is 0. The molecule has 0 aromatic carbocycles. The smallest absolute Gasteiger partial charge is 0.257 e. The first-order valence-electron chi connectivity index (χ1n) is 8.49. The number of hydrogen-bond acceptors (Lipinski definition) is 6. The molecule has 2 fully saturated rings. The minimum absolute atomic E-state index is 0.00285. The maximum atomic E-state index is 12.5. The largest absolute Gasteiger partial charge is 0.342 e. The van der Waals surface area contributed by atoms with E-state index >= 15 is 0 Å². The fraction of sp³-hybridized carbons (Fsp3) is 0.625. The van der Waals surface area contributed by atoms with E-state index in [9.17, 15) is 9.59 Å². The molecule has 0 bridgehead atoms. The summed E-state index contributed by atoms with van der Waals surface area (Å²) in [4.78, 5) is 40.0. The van der Waals surface area contributed by atoms with Gasteiger partial charge in [-0.05, 0) is 6.54 Å². The number of piperazine rings is 2. The van der Waals surface area contributed by atoms with E-state index in [1.54, 1.807) is 17.3 Å². The van der Waals surface area contributed by atoms with Crippen molar-refractivity contribution in [3.05, 3.63) is 18.0 Å². The molecular weight excluding hydrogens is 308 g/mol. The van der Waals surface area contributed by atoms with Crippen molar-refractivity contribution < 1.29 is 9.59 Å². The topological polar surface area (TPSA) is 72.9 Å². The normalized spacial score (nSPS) is 19.5. The third-order valence-electron chi connectivity index (χ3n) is 4.74. The maximum absolute atomic E-state index is 12.5. The van der Waals surface area contributed by atoms with E-state index in [1.807, 2.05) is 9.80 Å². The molecule has 2 amide bonds. The highest BCUT2D eigenvalue weighted by Gasteiger charge is 2.23. The standard InChI is InChI=1S/C16H24N6O2/c1-2-19-3-7-21(8-4-19)15(24)14-11-17-16(18-12-14)22-9-5-20(13-23)6-10-22/h11-13H,2-10H2,1H3. The minimum atomic E-state index is 0.00285. The van der Waals surface area contributed by atoms with E-state index in [4.69, 9.17) is 0 Å². The van der Waals surface area contributed by atoms with Gasteiger partial charge < -0.3 is 19.6 Å². The molecule has 3 heterocycles. The van der Waals surface area contributed by atoms with Crippen molar-refractivity contribution >= 4 is 18.3 Å². The Morgan fingerprint density at radius 2 is 1.67 bits per heavy atom. The monoisotopic (exact) mass is 332 g/mol. The number of amides is 2. The summed E-state index contributed by atoms with van der Waals surface area (Å²) in [5.41, 5.74) is 0.537. The fourth-order valence-corrected chi connectivity index (χ4v) is 3.07. The van der Waals surface area contributed by atoms with Gasteiger partial charge in [0.15, 0.2) is 0 Å². The van der Waals surface area contributed by atoms with Gasteiger partial charge in [-0.2, -0.15) is 0 Å². The van der Waals surface area contributed by atoms with Crippen LogP contribution in [0.2, 0.25) is 0 Å². The van der Waals surface area contributed by atoms with E-state index < -0.39 is 0 Å². The predicted molar refractivity (Wildman–Crippen MR) is 89.9 cm³/mol. The van der Waals surface area contributed by atoms with Gasteiger partial charge in [-0.3, -0.25) is 9.59 Å². The lowest BCUT2D eigenvalue weighted by molar-refractivity contribution is -0.118. The molecule has 0 N–H and O–H groups in total. The van der Waals surface area contributed by atoms with E-state index in [-0.39, 0.29) is 5.91 Å². The van der Waals surface area contributed by atoms with Gasteiger partial charge in [0.05, 0.1) is 5.56 Å². The van der Waals surface area contributed by atoms with E-state index in [0.29, 0.717) is 37.7 Å². The minimum Gasteiger partial charge on any atom is -0.342 e. The third-order valence-corrected chi connectivity index (χ3v) is 4.74. The van der Waals surface area contributed by atoms with Gasteiger partial charge in [0.25, 0.3) is 5.91 Å². The molecule has 8 heteroatoms. The van der Waals surface area contributed by atoms with Crippen molar-refractivity contribution in [2.45, 2.75) is 6.92 Å². The first-order valence-corrected chi connectivity index (χ1v) is 8.49. The van der Waals surface area contributed by atoms with Crippen LogP contribution in [0.4, 0.5) is 5.95 Å². The zero-order valence-corrected chi connectivity index (χ0v) is 14.1. The van der Waals surface area contributed by atoms with Crippen LogP contribution in [0.1, 0.15) is 17.3 Å². The summed E-state index contributed by atoms with van der Waals surface area (Å²) in [5, 5.41) is 0. The number of aromatic nitrogens is 2. The van der Waals surface area contributed by atoms with Crippen molar-refractivity contribution in [2.24, 2.45) is 0 Å². The lowest BCUT2D eigenvalue weighted by Gasteiger charge is -2.34. The van der Waals surface area contributed by atoms with Gasteiger partial charge in [-0.25, -0.2) is 9.97 Å². The van der Waals surface area contributed by atoms with Crippen LogP contribution in [0.3, 0.4) is 0 Å². The molecule has 130 valence electrons. The average molecular weight is 332 g/mol. The number of rotatable bonds is 4. The highest BCUT2D eigenvalue weighted by Crippen LogP contribution is 2.12. The summed E-state index contributed by atoms with van der Waals surface area (Å²) in [5.74, 6) is 0.621. The Morgan fingerprint density at radius 1 is 1.04 bits per heavy atom. The van der Waals surface area contributed by atoms with Gasteiger partial charge in [0.2, 0.25) is 12.4 Å². The molecule has 2 saturated heterocycles. The lowest BCUT2D eigenvalue weighted by Crippen LogP contribution is -2.48. The molecule has 2 aliphatic heterocycles. The summed E-state index contributed by atoms with van der Waals surface area (Å²) in [6.45, 7) is 9.28. The van der Waals surface area contributed by atoms with Crippen LogP contribution < -0.4 is 4.90 Å². The Kier molecular flexibility index (Phi) is 5.24. The SMILES string of the molecule is CCN1CCN(C(=O)c2cnc(N3CCN(C=O)CC3)nc2)CC1. The van der Waals surface area contributed by atoms with Crippen molar-refractivity contribution in [2.75, 3.05) is 63.8 Å². The molecule has 0 atom stereocenters. The summed E-state index contributed by atoms with van der Waals surface area (Å²) in [6.07, 6.45) is 4.10. The number of nitrogens with zero attached hydrogens (tertiary/aromatic N) is 6. The zero-order chi connectivity index (χ0) is 16.9. The summed E-state index contributed by atoms with van der Waals surface area (Å²) in [7, 11) is 0. The quantitative estimate of drug-likeness (QED) is 0.694. The third kappa shape index (κ3) is 3.64. The Morgan fingerprint density at radius 3 is 2.21 bits per heavy atom. The molecule has 1 aromatic heterocycles. The number of likely N-dealkylation sites (N-methyl/N-ethyl adjacent to an activating group) is 1. The van der Waals surface area contributed by atoms with Crippen molar-refractivity contribution in [3.8, 4) is 0 Å². The molecular formula is C16H24N6O2. The molecule has 0 unspecified atom stereocenters. The Balaban J connectivity index is 1.58. The Labute approximate surface area is 142 Å². The van der Waals surface area contributed by atoms with Gasteiger partial charge in [0, 0.05) is 64.8 Å².